The summed E-state index contributed by atoms with van der Waals surface area (Å²) in [5, 5.41) is 6.47. The minimum absolute atomic E-state index is 0.0689. The topological polar surface area (TPSA) is 78.5 Å². The molecule has 0 bridgehead atoms. The fourth-order valence-corrected chi connectivity index (χ4v) is 4.26. The lowest BCUT2D eigenvalue weighted by Crippen LogP contribution is -2.30. The minimum atomic E-state index is -0.512. The summed E-state index contributed by atoms with van der Waals surface area (Å²) in [6.07, 6.45) is 4.65. The molecule has 0 aliphatic carbocycles. The summed E-state index contributed by atoms with van der Waals surface area (Å²) >= 11 is 12.1. The van der Waals surface area contributed by atoms with Crippen molar-refractivity contribution in [2.75, 3.05) is 24.3 Å². The molecule has 41 heavy (non-hydrogen) atoms. The number of anilines is 2. The van der Waals surface area contributed by atoms with Crippen molar-refractivity contribution in [3.8, 4) is 0 Å². The molecule has 0 atom stereocenters. The standard InChI is InChI=1S/C33H27Cl2N3O3/c1-38(2)28-17-8-22(9-18-28)20-30(37-32(40)25-6-4-3-5-7-25)33(41)36-27-15-11-24(12-16-27)31(39)19-13-23-10-14-26(34)21-29(23)35/h3-21H,1-2H3,(H,36,41)(H,37,40)/b19-13+,30-20-. The Hall–Kier alpha value is -4.65. The van der Waals surface area contributed by atoms with Crippen LogP contribution < -0.4 is 15.5 Å². The summed E-state index contributed by atoms with van der Waals surface area (Å²) in [7, 11) is 3.88. The molecular formula is C33H27Cl2N3O3. The quantitative estimate of drug-likeness (QED) is 0.159. The first-order valence-corrected chi connectivity index (χ1v) is 13.4. The van der Waals surface area contributed by atoms with E-state index in [1.807, 2.05) is 49.3 Å². The van der Waals surface area contributed by atoms with E-state index in [0.29, 0.717) is 32.4 Å². The van der Waals surface area contributed by atoms with Gasteiger partial charge in [0, 0.05) is 46.6 Å². The summed E-state index contributed by atoms with van der Waals surface area (Å²) in [4.78, 5) is 40.8. The summed E-state index contributed by atoms with van der Waals surface area (Å²) in [5.41, 5.74) is 3.79. The molecule has 0 heterocycles. The Kier molecular flexibility index (Phi) is 9.74. The number of nitrogens with zero attached hydrogens (tertiary/aromatic N) is 1. The van der Waals surface area contributed by atoms with Crippen LogP contribution in [0.25, 0.3) is 12.2 Å². The van der Waals surface area contributed by atoms with Gasteiger partial charge in [-0.1, -0.05) is 59.6 Å². The Morgan fingerprint density at radius 1 is 0.780 bits per heavy atom. The van der Waals surface area contributed by atoms with Gasteiger partial charge < -0.3 is 15.5 Å². The second-order valence-corrected chi connectivity index (χ2v) is 10.1. The largest absolute Gasteiger partial charge is 0.378 e. The van der Waals surface area contributed by atoms with Crippen molar-refractivity contribution in [2.45, 2.75) is 0 Å². The van der Waals surface area contributed by atoms with Crippen molar-refractivity contribution in [1.82, 2.24) is 5.32 Å². The van der Waals surface area contributed by atoms with E-state index in [0.717, 1.165) is 11.3 Å². The lowest BCUT2D eigenvalue weighted by Gasteiger charge is -2.13. The van der Waals surface area contributed by atoms with Gasteiger partial charge in [-0.05, 0) is 90.0 Å². The monoisotopic (exact) mass is 583 g/mol. The highest BCUT2D eigenvalue weighted by Crippen LogP contribution is 2.22. The third-order valence-electron chi connectivity index (χ3n) is 6.05. The number of halogens is 2. The highest BCUT2D eigenvalue weighted by Gasteiger charge is 2.15. The molecule has 4 rings (SSSR count). The Balaban J connectivity index is 1.50. The number of ketones is 1. The van der Waals surface area contributed by atoms with Crippen molar-refractivity contribution in [3.63, 3.8) is 0 Å². The molecule has 206 valence electrons. The average Bonchev–Trinajstić information content (AvgIpc) is 2.97. The normalized spacial score (nSPS) is 11.3. The molecular weight excluding hydrogens is 557 g/mol. The van der Waals surface area contributed by atoms with Crippen LogP contribution in [0.3, 0.4) is 0 Å². The number of carbonyl (C=O) groups excluding carboxylic acids is 3. The van der Waals surface area contributed by atoms with Crippen molar-refractivity contribution in [3.05, 3.63) is 141 Å². The van der Waals surface area contributed by atoms with E-state index >= 15 is 0 Å². The number of hydrogen-bond donors (Lipinski definition) is 2. The van der Waals surface area contributed by atoms with Crippen LogP contribution in [0.4, 0.5) is 11.4 Å². The molecule has 4 aromatic rings. The molecule has 4 aromatic carbocycles. The number of allylic oxidation sites excluding steroid dienone is 1. The molecule has 8 heteroatoms. The van der Waals surface area contributed by atoms with E-state index in [1.54, 1.807) is 78.9 Å². The maximum Gasteiger partial charge on any atom is 0.272 e. The first-order chi connectivity index (χ1) is 19.7. The molecule has 0 saturated carbocycles. The SMILES string of the molecule is CN(C)c1ccc(/C=C(\NC(=O)c2ccccc2)C(=O)Nc2ccc(C(=O)/C=C/c3ccc(Cl)cc3Cl)cc2)cc1. The number of rotatable bonds is 9. The van der Waals surface area contributed by atoms with E-state index in [1.165, 1.54) is 6.08 Å². The summed E-state index contributed by atoms with van der Waals surface area (Å²) < 4.78 is 0. The molecule has 2 N–H and O–H groups in total. The fraction of sp³-hybridized carbons (Fsp3) is 0.0606. The number of hydrogen-bond acceptors (Lipinski definition) is 4. The van der Waals surface area contributed by atoms with E-state index in [4.69, 9.17) is 23.2 Å². The first kappa shape index (κ1) is 29.3. The van der Waals surface area contributed by atoms with Gasteiger partial charge in [0.1, 0.15) is 5.70 Å². The van der Waals surface area contributed by atoms with Crippen LogP contribution in [0.5, 0.6) is 0 Å². The number of benzene rings is 4. The number of amides is 2. The predicted molar refractivity (Wildman–Crippen MR) is 168 cm³/mol. The van der Waals surface area contributed by atoms with Crippen LogP contribution in [-0.2, 0) is 4.79 Å². The molecule has 0 aliphatic rings. The first-order valence-electron chi connectivity index (χ1n) is 12.6. The average molecular weight is 585 g/mol. The number of nitrogens with one attached hydrogen (secondary N) is 2. The Labute approximate surface area is 248 Å². The summed E-state index contributed by atoms with van der Waals surface area (Å²) in [5.74, 6) is -1.15. The van der Waals surface area contributed by atoms with Crippen LogP contribution >= 0.6 is 23.2 Å². The molecule has 0 radical (unpaired) electrons. The third kappa shape index (κ3) is 8.18. The molecule has 2 amide bonds. The summed E-state index contributed by atoms with van der Waals surface area (Å²) in [6, 6.07) is 27.7. The zero-order chi connectivity index (χ0) is 29.4. The molecule has 6 nitrogen and oxygen atoms in total. The van der Waals surface area contributed by atoms with Gasteiger partial charge in [-0.15, -0.1) is 0 Å². The fourth-order valence-electron chi connectivity index (χ4n) is 3.79. The predicted octanol–water partition coefficient (Wildman–Crippen LogP) is 7.37. The van der Waals surface area contributed by atoms with Gasteiger partial charge in [0.25, 0.3) is 11.8 Å². The van der Waals surface area contributed by atoms with Crippen LogP contribution in [0, 0.1) is 0 Å². The van der Waals surface area contributed by atoms with Crippen LogP contribution in [0.2, 0.25) is 10.0 Å². The number of carbonyl (C=O) groups is 3. The van der Waals surface area contributed by atoms with Crippen LogP contribution in [-0.4, -0.2) is 31.7 Å². The summed E-state index contributed by atoms with van der Waals surface area (Å²) in [6.45, 7) is 0. The molecule has 0 fully saturated rings. The zero-order valence-electron chi connectivity index (χ0n) is 22.4. The molecule has 0 saturated heterocycles. The maximum absolute atomic E-state index is 13.3. The lowest BCUT2D eigenvalue weighted by molar-refractivity contribution is -0.113. The second kappa shape index (κ2) is 13.6. The van der Waals surface area contributed by atoms with E-state index in [9.17, 15) is 14.4 Å². The van der Waals surface area contributed by atoms with E-state index in [-0.39, 0.29) is 11.5 Å². The van der Waals surface area contributed by atoms with Crippen LogP contribution in [0.1, 0.15) is 31.8 Å². The Bertz CT molecular complexity index is 1610. The Morgan fingerprint density at radius 2 is 1.46 bits per heavy atom. The molecule has 0 spiro atoms. The van der Waals surface area contributed by atoms with Gasteiger partial charge in [-0.2, -0.15) is 0 Å². The van der Waals surface area contributed by atoms with Gasteiger partial charge in [0.2, 0.25) is 0 Å². The zero-order valence-corrected chi connectivity index (χ0v) is 23.9. The highest BCUT2D eigenvalue weighted by atomic mass is 35.5. The Morgan fingerprint density at radius 3 is 2.10 bits per heavy atom. The van der Waals surface area contributed by atoms with Crippen molar-refractivity contribution >= 4 is 64.3 Å². The molecule has 0 aromatic heterocycles. The van der Waals surface area contributed by atoms with Gasteiger partial charge in [0.15, 0.2) is 5.78 Å². The maximum atomic E-state index is 13.3. The van der Waals surface area contributed by atoms with Gasteiger partial charge in [-0.3, -0.25) is 14.4 Å². The van der Waals surface area contributed by atoms with Crippen molar-refractivity contribution in [2.24, 2.45) is 0 Å². The second-order valence-electron chi connectivity index (χ2n) is 9.26. The van der Waals surface area contributed by atoms with E-state index in [2.05, 4.69) is 10.6 Å². The smallest absolute Gasteiger partial charge is 0.272 e. The minimum Gasteiger partial charge on any atom is -0.378 e. The van der Waals surface area contributed by atoms with Crippen LogP contribution in [0.15, 0.2) is 109 Å². The molecule has 0 aliphatic heterocycles. The van der Waals surface area contributed by atoms with Gasteiger partial charge >= 0.3 is 0 Å². The molecule has 0 unspecified atom stereocenters. The lowest BCUT2D eigenvalue weighted by atomic mass is 10.1. The third-order valence-corrected chi connectivity index (χ3v) is 6.62. The van der Waals surface area contributed by atoms with E-state index < -0.39 is 11.8 Å². The van der Waals surface area contributed by atoms with Gasteiger partial charge in [0.05, 0.1) is 0 Å². The van der Waals surface area contributed by atoms with Crippen molar-refractivity contribution < 1.29 is 14.4 Å². The highest BCUT2D eigenvalue weighted by molar-refractivity contribution is 6.35. The van der Waals surface area contributed by atoms with Gasteiger partial charge in [-0.25, -0.2) is 0 Å². The van der Waals surface area contributed by atoms with Crippen molar-refractivity contribution in [1.29, 1.82) is 0 Å².